The Bertz CT molecular complexity index is 1170. The van der Waals surface area contributed by atoms with Gasteiger partial charge in [-0.1, -0.05) is 25.1 Å². The zero-order chi connectivity index (χ0) is 22.9. The van der Waals surface area contributed by atoms with E-state index in [1.165, 1.54) is 0 Å². The lowest BCUT2D eigenvalue weighted by Crippen LogP contribution is -2.55. The number of furan rings is 1. The van der Waals surface area contributed by atoms with Gasteiger partial charge in [0, 0.05) is 24.1 Å². The topological polar surface area (TPSA) is 98.1 Å². The van der Waals surface area contributed by atoms with Gasteiger partial charge in [0.05, 0.1) is 43.4 Å². The van der Waals surface area contributed by atoms with Gasteiger partial charge in [-0.25, -0.2) is 0 Å². The first-order valence-electron chi connectivity index (χ1n) is 11.1. The van der Waals surface area contributed by atoms with E-state index in [9.17, 15) is 14.4 Å². The van der Waals surface area contributed by atoms with E-state index in [0.717, 1.165) is 0 Å². The second-order valence-corrected chi connectivity index (χ2v) is 9.20. The third-order valence-electron chi connectivity index (χ3n) is 7.59. The third kappa shape index (κ3) is 2.70. The van der Waals surface area contributed by atoms with Gasteiger partial charge in [0.15, 0.2) is 0 Å². The molecule has 33 heavy (non-hydrogen) atoms. The Kier molecular flexibility index (Phi) is 4.32. The molecule has 8 heteroatoms. The summed E-state index contributed by atoms with van der Waals surface area (Å²) in [6, 6.07) is 9.62. The summed E-state index contributed by atoms with van der Waals surface area (Å²) in [5.41, 5.74) is -0.418. The second kappa shape index (κ2) is 7.05. The van der Waals surface area contributed by atoms with Gasteiger partial charge in [-0.05, 0) is 24.3 Å². The molecule has 2 amide bonds. The minimum Gasteiger partial charge on any atom is -0.497 e. The molecule has 1 aromatic carbocycles. The van der Waals surface area contributed by atoms with E-state index in [4.69, 9.17) is 13.9 Å². The van der Waals surface area contributed by atoms with Crippen molar-refractivity contribution in [2.24, 2.45) is 17.8 Å². The summed E-state index contributed by atoms with van der Waals surface area (Å²) in [5, 5.41) is 2.92. The van der Waals surface area contributed by atoms with E-state index in [1.807, 2.05) is 19.1 Å². The lowest BCUT2D eigenvalue weighted by molar-refractivity contribution is -0.147. The number of nitrogens with zero attached hydrogens (tertiary/aromatic N) is 1. The molecule has 8 nitrogen and oxygen atoms in total. The Morgan fingerprint density at radius 3 is 2.85 bits per heavy atom. The third-order valence-corrected chi connectivity index (χ3v) is 7.59. The molecule has 6 rings (SSSR count). The fourth-order valence-electron chi connectivity index (χ4n) is 6.19. The van der Waals surface area contributed by atoms with Crippen molar-refractivity contribution in [1.82, 2.24) is 4.90 Å². The predicted molar refractivity (Wildman–Crippen MR) is 116 cm³/mol. The first-order chi connectivity index (χ1) is 15.9. The van der Waals surface area contributed by atoms with E-state index in [1.54, 1.807) is 54.7 Å². The van der Waals surface area contributed by atoms with Crippen LogP contribution in [0.4, 0.5) is 5.69 Å². The molecule has 0 radical (unpaired) electrons. The van der Waals surface area contributed by atoms with Crippen molar-refractivity contribution >= 4 is 23.3 Å². The molecule has 7 atom stereocenters. The maximum absolute atomic E-state index is 13.9. The van der Waals surface area contributed by atoms with Gasteiger partial charge >= 0.3 is 0 Å². The number of amides is 2. The summed E-state index contributed by atoms with van der Waals surface area (Å²) >= 11 is 0. The molecule has 2 bridgehead atoms. The highest BCUT2D eigenvalue weighted by Crippen LogP contribution is 2.60. The standard InChI is InChI=1S/C25H24N2O6/c1-13-17(28)12-16(18-7-4-10-32-18)27-22(13)25-9-8-19(33-25)20(21(25)24(27)30)23(29)26-14-5-3-6-15(11-14)31-2/h3-11,13,16,19-22H,12H2,1-2H3,(H,26,29)/t13?,16?,19-,20?,21+,22?,25+/m1/s1. The van der Waals surface area contributed by atoms with Crippen LogP contribution >= 0.6 is 0 Å². The van der Waals surface area contributed by atoms with Crippen LogP contribution in [0.1, 0.15) is 25.1 Å². The van der Waals surface area contributed by atoms with Crippen LogP contribution in [0.15, 0.2) is 59.2 Å². The minimum atomic E-state index is -1.00. The van der Waals surface area contributed by atoms with Crippen LogP contribution < -0.4 is 10.1 Å². The normalized spacial score (nSPS) is 36.1. The SMILES string of the molecule is COc1cccc(NC(=O)C2[C@H]3C(=O)N4C(c5ccco5)CC(=O)C(C)C4[C@]34C=C[C@H]2O4)c1. The van der Waals surface area contributed by atoms with Crippen molar-refractivity contribution in [3.05, 3.63) is 60.6 Å². The van der Waals surface area contributed by atoms with Gasteiger partial charge in [0.25, 0.3) is 0 Å². The number of hydrogen-bond acceptors (Lipinski definition) is 6. The zero-order valence-corrected chi connectivity index (χ0v) is 18.3. The summed E-state index contributed by atoms with van der Waals surface area (Å²) in [6.07, 6.45) is 4.97. The monoisotopic (exact) mass is 448 g/mol. The number of Topliss-reactive ketones (excluding diaryl/α,β-unsaturated/α-hetero) is 1. The number of fused-ring (bicyclic) bond motifs is 2. The van der Waals surface area contributed by atoms with Crippen LogP contribution in [0.25, 0.3) is 0 Å². The Morgan fingerprint density at radius 2 is 2.09 bits per heavy atom. The van der Waals surface area contributed by atoms with Crippen molar-refractivity contribution in [2.45, 2.75) is 37.1 Å². The lowest BCUT2D eigenvalue weighted by Gasteiger charge is -2.43. The molecule has 1 spiro atoms. The van der Waals surface area contributed by atoms with E-state index >= 15 is 0 Å². The molecule has 4 aliphatic heterocycles. The average Bonchev–Trinajstić information content (AvgIpc) is 3.58. The van der Waals surface area contributed by atoms with Crippen LogP contribution in [0.2, 0.25) is 0 Å². The molecule has 1 aromatic heterocycles. The summed E-state index contributed by atoms with van der Waals surface area (Å²) in [6.45, 7) is 1.84. The number of nitrogens with one attached hydrogen (secondary N) is 1. The summed E-state index contributed by atoms with van der Waals surface area (Å²) in [4.78, 5) is 42.0. The van der Waals surface area contributed by atoms with Crippen LogP contribution in [0, 0.1) is 17.8 Å². The molecule has 1 N–H and O–H groups in total. The number of hydrogen-bond donors (Lipinski definition) is 1. The molecule has 2 aromatic rings. The first kappa shape index (κ1) is 20.2. The van der Waals surface area contributed by atoms with Crippen molar-refractivity contribution in [3.63, 3.8) is 0 Å². The maximum atomic E-state index is 13.9. The largest absolute Gasteiger partial charge is 0.497 e. The van der Waals surface area contributed by atoms with Crippen LogP contribution in [-0.2, 0) is 19.1 Å². The van der Waals surface area contributed by atoms with Gasteiger partial charge < -0.3 is 24.1 Å². The number of benzene rings is 1. The summed E-state index contributed by atoms with van der Waals surface area (Å²) in [7, 11) is 1.56. The number of carbonyl (C=O) groups is 3. The quantitative estimate of drug-likeness (QED) is 0.723. The molecule has 170 valence electrons. The zero-order valence-electron chi connectivity index (χ0n) is 18.3. The fourth-order valence-corrected chi connectivity index (χ4v) is 6.19. The number of carbonyl (C=O) groups excluding carboxylic acids is 3. The molecular formula is C25H24N2O6. The van der Waals surface area contributed by atoms with Gasteiger partial charge in [-0.2, -0.15) is 0 Å². The Hall–Kier alpha value is -3.39. The van der Waals surface area contributed by atoms with Crippen molar-refractivity contribution in [1.29, 1.82) is 0 Å². The van der Waals surface area contributed by atoms with Crippen LogP contribution in [-0.4, -0.2) is 47.4 Å². The summed E-state index contributed by atoms with van der Waals surface area (Å²) < 4.78 is 17.2. The van der Waals surface area contributed by atoms with Gasteiger partial charge in [0.2, 0.25) is 11.8 Å². The number of anilines is 1. The van der Waals surface area contributed by atoms with E-state index in [2.05, 4.69) is 5.32 Å². The molecule has 3 saturated heterocycles. The highest BCUT2D eigenvalue weighted by atomic mass is 16.5. The second-order valence-electron chi connectivity index (χ2n) is 9.20. The lowest BCUT2D eigenvalue weighted by atomic mass is 9.70. The molecule has 4 unspecified atom stereocenters. The van der Waals surface area contributed by atoms with Crippen molar-refractivity contribution in [3.8, 4) is 5.75 Å². The smallest absolute Gasteiger partial charge is 0.231 e. The predicted octanol–water partition coefficient (Wildman–Crippen LogP) is 2.73. The number of ketones is 1. The molecule has 0 saturated carbocycles. The molecule has 0 aliphatic carbocycles. The van der Waals surface area contributed by atoms with Crippen LogP contribution in [0.3, 0.4) is 0 Å². The van der Waals surface area contributed by atoms with Gasteiger partial charge in [-0.15, -0.1) is 0 Å². The van der Waals surface area contributed by atoms with Crippen molar-refractivity contribution < 1.29 is 28.3 Å². The summed E-state index contributed by atoms with van der Waals surface area (Å²) in [5.74, 6) is -1.01. The average molecular weight is 448 g/mol. The maximum Gasteiger partial charge on any atom is 0.231 e. The highest BCUT2D eigenvalue weighted by molar-refractivity contribution is 6.00. The van der Waals surface area contributed by atoms with E-state index < -0.39 is 41.5 Å². The fraction of sp³-hybridized carbons (Fsp3) is 0.400. The van der Waals surface area contributed by atoms with Gasteiger partial charge in [0.1, 0.15) is 22.9 Å². The van der Waals surface area contributed by atoms with Crippen molar-refractivity contribution in [2.75, 3.05) is 12.4 Å². The molecular weight excluding hydrogens is 424 g/mol. The van der Waals surface area contributed by atoms with Crippen LogP contribution in [0.5, 0.6) is 5.75 Å². The number of rotatable bonds is 4. The highest BCUT2D eigenvalue weighted by Gasteiger charge is 2.74. The Morgan fingerprint density at radius 1 is 1.24 bits per heavy atom. The van der Waals surface area contributed by atoms with Gasteiger partial charge in [-0.3, -0.25) is 14.4 Å². The number of ether oxygens (including phenoxy) is 2. The Balaban J connectivity index is 1.37. The molecule has 5 heterocycles. The number of piperidine rings is 1. The first-order valence-corrected chi connectivity index (χ1v) is 11.1. The van der Waals surface area contributed by atoms with E-state index in [0.29, 0.717) is 17.2 Å². The Labute approximate surface area is 190 Å². The van der Waals surface area contributed by atoms with E-state index in [-0.39, 0.29) is 24.0 Å². The number of methoxy groups -OCH3 is 1. The minimum absolute atomic E-state index is 0.0604. The molecule has 4 aliphatic rings. The molecule has 3 fully saturated rings.